The number of nitrogens with zero attached hydrogens (tertiary/aromatic N) is 3. The lowest BCUT2D eigenvalue weighted by atomic mass is 10.5. The maximum Gasteiger partial charge on any atom is 0.349 e. The molecule has 0 aromatic carbocycles. The van der Waals surface area contributed by atoms with Crippen LogP contribution >= 0.6 is 0 Å². The second-order valence-corrected chi connectivity index (χ2v) is 2.53. The Kier molecular flexibility index (Phi) is 2.85. The fraction of sp³-hybridized carbons (Fsp3) is 0.500. The molecule has 0 fully saturated rings. The molecule has 4 nitrogen and oxygen atoms in total. The molecule has 0 unspecified atom stereocenters. The minimum absolute atomic E-state index is 0.0741. The minimum Gasteiger partial charge on any atom is -0.257 e. The highest BCUT2D eigenvalue weighted by molar-refractivity contribution is 5.18. The zero-order valence-electron chi connectivity index (χ0n) is 7.40. The number of aryl methyl sites for hydroxylation is 1. The van der Waals surface area contributed by atoms with E-state index >= 15 is 0 Å². The first-order chi connectivity index (χ1) is 5.79. The molecule has 1 heterocycles. The van der Waals surface area contributed by atoms with Gasteiger partial charge < -0.3 is 0 Å². The van der Waals surface area contributed by atoms with Crippen LogP contribution in [0, 0.1) is 0 Å². The van der Waals surface area contributed by atoms with Gasteiger partial charge in [-0.2, -0.15) is 5.10 Å². The Morgan fingerprint density at radius 3 is 3.00 bits per heavy atom. The van der Waals surface area contributed by atoms with Crippen molar-refractivity contribution in [2.75, 3.05) is 0 Å². The van der Waals surface area contributed by atoms with Crippen LogP contribution in [-0.4, -0.2) is 14.3 Å². The zero-order valence-corrected chi connectivity index (χ0v) is 7.40. The number of allylic oxidation sites excluding steroid dienone is 1. The van der Waals surface area contributed by atoms with Crippen LogP contribution in [0.15, 0.2) is 17.2 Å². The lowest BCUT2D eigenvalue weighted by Crippen LogP contribution is -2.22. The largest absolute Gasteiger partial charge is 0.349 e. The molecule has 1 rings (SSSR count). The van der Waals surface area contributed by atoms with Crippen molar-refractivity contribution in [2.24, 2.45) is 0 Å². The predicted molar refractivity (Wildman–Crippen MR) is 47.8 cm³/mol. The molecule has 0 aliphatic rings. The van der Waals surface area contributed by atoms with Gasteiger partial charge in [0.15, 0.2) is 0 Å². The summed E-state index contributed by atoms with van der Waals surface area (Å²) in [5.41, 5.74) is -0.0741. The topological polar surface area (TPSA) is 39.8 Å². The van der Waals surface area contributed by atoms with Gasteiger partial charge in [-0.05, 0) is 13.3 Å². The Morgan fingerprint density at radius 2 is 2.42 bits per heavy atom. The zero-order chi connectivity index (χ0) is 8.97. The highest BCUT2D eigenvalue weighted by atomic mass is 16.2. The van der Waals surface area contributed by atoms with E-state index in [0.717, 1.165) is 6.42 Å². The molecule has 1 aromatic heterocycles. The molecule has 0 aliphatic heterocycles. The van der Waals surface area contributed by atoms with E-state index in [1.54, 1.807) is 12.3 Å². The van der Waals surface area contributed by atoms with Crippen LogP contribution in [0.2, 0.25) is 0 Å². The van der Waals surface area contributed by atoms with Crippen molar-refractivity contribution in [3.63, 3.8) is 0 Å². The van der Waals surface area contributed by atoms with E-state index in [-0.39, 0.29) is 5.69 Å². The average molecular weight is 167 g/mol. The summed E-state index contributed by atoms with van der Waals surface area (Å²) >= 11 is 0. The summed E-state index contributed by atoms with van der Waals surface area (Å²) in [4.78, 5) is 11.4. The summed E-state index contributed by atoms with van der Waals surface area (Å²) in [5, 5.41) is 3.94. The second-order valence-electron chi connectivity index (χ2n) is 2.53. The first-order valence-electron chi connectivity index (χ1n) is 4.06. The van der Waals surface area contributed by atoms with Gasteiger partial charge in [-0.1, -0.05) is 13.0 Å². The van der Waals surface area contributed by atoms with E-state index in [0.29, 0.717) is 6.54 Å². The van der Waals surface area contributed by atoms with Gasteiger partial charge in [0.25, 0.3) is 0 Å². The summed E-state index contributed by atoms with van der Waals surface area (Å²) in [7, 11) is 0. The van der Waals surface area contributed by atoms with Crippen molar-refractivity contribution in [2.45, 2.75) is 26.8 Å². The second kappa shape index (κ2) is 3.90. The van der Waals surface area contributed by atoms with Crippen molar-refractivity contribution in [1.82, 2.24) is 14.3 Å². The number of aromatic nitrogens is 3. The van der Waals surface area contributed by atoms with Gasteiger partial charge in [0.2, 0.25) is 0 Å². The molecular weight excluding hydrogens is 154 g/mol. The Hall–Kier alpha value is -1.32. The number of hydrogen-bond donors (Lipinski definition) is 0. The predicted octanol–water partition coefficient (Wildman–Crippen LogP) is 0.945. The van der Waals surface area contributed by atoms with Crippen LogP contribution in [0.5, 0.6) is 0 Å². The van der Waals surface area contributed by atoms with Crippen molar-refractivity contribution < 1.29 is 0 Å². The number of rotatable bonds is 3. The van der Waals surface area contributed by atoms with E-state index in [1.165, 1.54) is 15.6 Å². The Labute approximate surface area is 71.1 Å². The summed E-state index contributed by atoms with van der Waals surface area (Å²) in [6.45, 7) is 4.56. The summed E-state index contributed by atoms with van der Waals surface area (Å²) in [6.07, 6.45) is 5.95. The average Bonchev–Trinajstić information content (AvgIpc) is 2.38. The Bertz CT molecular complexity index is 321. The van der Waals surface area contributed by atoms with Gasteiger partial charge in [0, 0.05) is 12.7 Å². The van der Waals surface area contributed by atoms with Gasteiger partial charge in [-0.25, -0.2) is 9.48 Å². The van der Waals surface area contributed by atoms with Crippen LogP contribution in [-0.2, 0) is 6.54 Å². The molecule has 0 saturated heterocycles. The maximum atomic E-state index is 11.4. The van der Waals surface area contributed by atoms with Gasteiger partial charge in [0.1, 0.15) is 6.33 Å². The molecule has 0 saturated carbocycles. The van der Waals surface area contributed by atoms with E-state index in [1.807, 2.05) is 13.8 Å². The Balaban J connectivity index is 2.97. The highest BCUT2D eigenvalue weighted by Gasteiger charge is 1.99. The minimum atomic E-state index is -0.0741. The lowest BCUT2D eigenvalue weighted by Gasteiger charge is -1.92. The summed E-state index contributed by atoms with van der Waals surface area (Å²) < 4.78 is 2.93. The molecule has 0 atom stereocenters. The molecule has 0 amide bonds. The monoisotopic (exact) mass is 167 g/mol. The molecule has 4 heteroatoms. The molecule has 0 radical (unpaired) electrons. The van der Waals surface area contributed by atoms with Crippen molar-refractivity contribution >= 4 is 6.20 Å². The van der Waals surface area contributed by atoms with E-state index in [9.17, 15) is 4.79 Å². The third-order valence-electron chi connectivity index (χ3n) is 1.50. The molecule has 0 aliphatic carbocycles. The van der Waals surface area contributed by atoms with Gasteiger partial charge in [-0.15, -0.1) is 0 Å². The third-order valence-corrected chi connectivity index (χ3v) is 1.50. The SMILES string of the molecule is C/C=C/n1cnn(CCC)c1=O. The van der Waals surface area contributed by atoms with Crippen molar-refractivity contribution in [1.29, 1.82) is 0 Å². The van der Waals surface area contributed by atoms with Crippen LogP contribution in [0.25, 0.3) is 6.20 Å². The van der Waals surface area contributed by atoms with Crippen molar-refractivity contribution in [3.05, 3.63) is 22.9 Å². The van der Waals surface area contributed by atoms with Crippen molar-refractivity contribution in [3.8, 4) is 0 Å². The number of hydrogen-bond acceptors (Lipinski definition) is 2. The van der Waals surface area contributed by atoms with E-state index < -0.39 is 0 Å². The first-order valence-corrected chi connectivity index (χ1v) is 4.06. The smallest absolute Gasteiger partial charge is 0.257 e. The van der Waals surface area contributed by atoms with Crippen LogP contribution in [0.4, 0.5) is 0 Å². The molecule has 66 valence electrons. The molecule has 1 aromatic rings. The lowest BCUT2D eigenvalue weighted by molar-refractivity contribution is 0.579. The normalized spacial score (nSPS) is 11.2. The quantitative estimate of drug-likeness (QED) is 0.672. The third kappa shape index (κ3) is 1.64. The van der Waals surface area contributed by atoms with Crippen LogP contribution in [0.1, 0.15) is 20.3 Å². The Morgan fingerprint density at radius 1 is 1.67 bits per heavy atom. The summed E-state index contributed by atoms with van der Waals surface area (Å²) in [5.74, 6) is 0. The molecular formula is C8H13N3O. The molecule has 0 N–H and O–H groups in total. The molecule has 12 heavy (non-hydrogen) atoms. The maximum absolute atomic E-state index is 11.4. The summed E-state index contributed by atoms with van der Waals surface area (Å²) in [6, 6.07) is 0. The van der Waals surface area contributed by atoms with E-state index in [4.69, 9.17) is 0 Å². The fourth-order valence-corrected chi connectivity index (χ4v) is 0.978. The standard InChI is InChI=1S/C8H13N3O/c1-3-5-10-7-9-11(6-4-2)8(10)12/h3,5,7H,4,6H2,1-2H3/b5-3+. The van der Waals surface area contributed by atoms with Gasteiger partial charge >= 0.3 is 5.69 Å². The van der Waals surface area contributed by atoms with Gasteiger partial charge in [0.05, 0.1) is 0 Å². The van der Waals surface area contributed by atoms with E-state index in [2.05, 4.69) is 5.10 Å². The van der Waals surface area contributed by atoms with Crippen LogP contribution < -0.4 is 5.69 Å². The molecule has 0 spiro atoms. The fourth-order valence-electron chi connectivity index (χ4n) is 0.978. The van der Waals surface area contributed by atoms with Gasteiger partial charge in [-0.3, -0.25) is 4.57 Å². The highest BCUT2D eigenvalue weighted by Crippen LogP contribution is 1.84. The van der Waals surface area contributed by atoms with Crippen LogP contribution in [0.3, 0.4) is 0 Å². The molecule has 0 bridgehead atoms. The first kappa shape index (κ1) is 8.77.